The molecule has 0 N–H and O–H groups in total. The lowest BCUT2D eigenvalue weighted by Gasteiger charge is -2.32. The van der Waals surface area contributed by atoms with Gasteiger partial charge in [-0.2, -0.15) is 0 Å². The molecular formula is C23H29BO4. The van der Waals surface area contributed by atoms with Gasteiger partial charge in [0, 0.05) is 6.08 Å². The molecule has 3 rings (SSSR count). The second kappa shape index (κ2) is 7.05. The minimum Gasteiger partial charge on any atom is -0.457 e. The molecule has 2 aromatic carbocycles. The van der Waals surface area contributed by atoms with E-state index in [9.17, 15) is 4.79 Å². The van der Waals surface area contributed by atoms with Crippen LogP contribution in [0.3, 0.4) is 0 Å². The smallest absolute Gasteiger partial charge is 0.457 e. The largest absolute Gasteiger partial charge is 0.494 e. The molecule has 148 valence electrons. The summed E-state index contributed by atoms with van der Waals surface area (Å²) >= 11 is 0. The maximum Gasteiger partial charge on any atom is 0.494 e. The van der Waals surface area contributed by atoms with Crippen LogP contribution in [0.2, 0.25) is 0 Å². The average molecular weight is 380 g/mol. The highest BCUT2D eigenvalue weighted by Crippen LogP contribution is 2.36. The van der Waals surface area contributed by atoms with E-state index in [-0.39, 0.29) is 24.3 Å². The number of ether oxygens (including phenoxy) is 1. The Morgan fingerprint density at radius 1 is 0.964 bits per heavy atom. The summed E-state index contributed by atoms with van der Waals surface area (Å²) in [6, 6.07) is 12.3. The van der Waals surface area contributed by atoms with E-state index in [1.54, 1.807) is 6.08 Å². The van der Waals surface area contributed by atoms with Crippen LogP contribution in [0.15, 0.2) is 42.5 Å². The zero-order chi connectivity index (χ0) is 20.7. The molecule has 0 unspecified atom stereocenters. The molecule has 0 radical (unpaired) electrons. The highest BCUT2D eigenvalue weighted by atomic mass is 16.7. The van der Waals surface area contributed by atoms with Crippen LogP contribution in [0.5, 0.6) is 0 Å². The number of benzene rings is 2. The van der Waals surface area contributed by atoms with Gasteiger partial charge in [-0.25, -0.2) is 4.79 Å². The van der Waals surface area contributed by atoms with Gasteiger partial charge in [-0.1, -0.05) is 30.3 Å². The van der Waals surface area contributed by atoms with Gasteiger partial charge in [-0.05, 0) is 82.4 Å². The van der Waals surface area contributed by atoms with Crippen molar-refractivity contribution in [1.82, 2.24) is 0 Å². The quantitative estimate of drug-likeness (QED) is 0.447. The summed E-state index contributed by atoms with van der Waals surface area (Å²) in [5, 5.41) is 2.19. The molecular weight excluding hydrogens is 351 g/mol. The lowest BCUT2D eigenvalue weighted by Crippen LogP contribution is -2.41. The summed E-state index contributed by atoms with van der Waals surface area (Å²) in [7, 11) is -0.374. The molecule has 1 fully saturated rings. The first-order chi connectivity index (χ1) is 12.9. The van der Waals surface area contributed by atoms with Crippen molar-refractivity contribution in [1.29, 1.82) is 0 Å². The van der Waals surface area contributed by atoms with Gasteiger partial charge in [0.05, 0.1) is 11.2 Å². The Kier molecular flexibility index (Phi) is 5.19. The van der Waals surface area contributed by atoms with Crippen molar-refractivity contribution in [2.45, 2.75) is 65.3 Å². The summed E-state index contributed by atoms with van der Waals surface area (Å²) in [6.07, 6.45) is 3.24. The van der Waals surface area contributed by atoms with Gasteiger partial charge in [0.2, 0.25) is 0 Å². The summed E-state index contributed by atoms with van der Waals surface area (Å²) in [5.41, 5.74) is 0.741. The maximum atomic E-state index is 11.9. The second-order valence-electron chi connectivity index (χ2n) is 9.32. The first-order valence-corrected chi connectivity index (χ1v) is 9.67. The number of esters is 1. The highest BCUT2D eigenvalue weighted by Gasteiger charge is 2.51. The lowest BCUT2D eigenvalue weighted by atomic mass is 9.78. The first kappa shape index (κ1) is 20.6. The third-order valence-electron chi connectivity index (χ3n) is 5.23. The van der Waals surface area contributed by atoms with E-state index in [4.69, 9.17) is 14.0 Å². The summed E-state index contributed by atoms with van der Waals surface area (Å²) in [6.45, 7) is 13.8. The molecule has 0 atom stereocenters. The lowest BCUT2D eigenvalue weighted by molar-refractivity contribution is -0.148. The van der Waals surface area contributed by atoms with Crippen molar-refractivity contribution in [3.63, 3.8) is 0 Å². The van der Waals surface area contributed by atoms with E-state index in [0.29, 0.717) is 0 Å². The predicted molar refractivity (Wildman–Crippen MR) is 115 cm³/mol. The summed E-state index contributed by atoms with van der Waals surface area (Å²) < 4.78 is 17.6. The van der Waals surface area contributed by atoms with Crippen LogP contribution >= 0.6 is 0 Å². The van der Waals surface area contributed by atoms with Crippen molar-refractivity contribution in [3.8, 4) is 0 Å². The van der Waals surface area contributed by atoms with Crippen LogP contribution in [0.4, 0.5) is 0 Å². The van der Waals surface area contributed by atoms with Gasteiger partial charge >= 0.3 is 13.1 Å². The maximum absolute atomic E-state index is 11.9. The molecule has 0 spiro atoms. The number of hydrogen-bond donors (Lipinski definition) is 0. The van der Waals surface area contributed by atoms with Crippen molar-refractivity contribution in [3.05, 3.63) is 48.0 Å². The number of fused-ring (bicyclic) bond motifs is 1. The number of rotatable bonds is 3. The van der Waals surface area contributed by atoms with Crippen LogP contribution in [-0.4, -0.2) is 29.9 Å². The molecule has 1 saturated heterocycles. The number of hydrogen-bond acceptors (Lipinski definition) is 4. The number of carbonyl (C=O) groups excluding carboxylic acids is 1. The Morgan fingerprint density at radius 2 is 1.54 bits per heavy atom. The molecule has 28 heavy (non-hydrogen) atoms. The SMILES string of the molecule is CC(C)(C)OC(=O)/C=C/c1ccc2cc(B3OC(C)(C)C(C)(C)O3)ccc2c1. The topological polar surface area (TPSA) is 44.8 Å². The van der Waals surface area contributed by atoms with E-state index in [1.165, 1.54) is 6.08 Å². The van der Waals surface area contributed by atoms with Crippen LogP contribution in [0.1, 0.15) is 54.0 Å². The molecule has 5 heteroatoms. The highest BCUT2D eigenvalue weighted by molar-refractivity contribution is 6.62. The molecule has 4 nitrogen and oxygen atoms in total. The van der Waals surface area contributed by atoms with Crippen LogP contribution < -0.4 is 5.46 Å². The van der Waals surface area contributed by atoms with E-state index < -0.39 is 5.60 Å². The zero-order valence-electron chi connectivity index (χ0n) is 17.8. The minimum atomic E-state index is -0.491. The molecule has 0 aromatic heterocycles. The first-order valence-electron chi connectivity index (χ1n) is 9.67. The minimum absolute atomic E-state index is 0.344. The van der Waals surface area contributed by atoms with Crippen molar-refractivity contribution >= 4 is 35.4 Å². The molecule has 2 aromatic rings. The van der Waals surface area contributed by atoms with Crippen LogP contribution in [0, 0.1) is 0 Å². The number of carbonyl (C=O) groups is 1. The standard InChI is InChI=1S/C23H29BO4/c1-21(2,3)26-20(25)13-9-16-8-10-18-15-19(12-11-17(18)14-16)24-27-22(4,5)23(6,7)28-24/h8-15H,1-7H3/b13-9+. The Bertz CT molecular complexity index is 906. The Hall–Kier alpha value is -2.11. The van der Waals surface area contributed by atoms with Crippen LogP contribution in [-0.2, 0) is 18.8 Å². The molecule has 0 amide bonds. The van der Waals surface area contributed by atoms with E-state index in [1.807, 2.05) is 45.0 Å². The molecule has 0 bridgehead atoms. The Morgan fingerprint density at radius 3 is 2.14 bits per heavy atom. The van der Waals surface area contributed by atoms with E-state index in [0.717, 1.165) is 21.8 Å². The monoisotopic (exact) mass is 380 g/mol. The molecule has 1 aliphatic heterocycles. The third kappa shape index (κ3) is 4.48. The van der Waals surface area contributed by atoms with E-state index >= 15 is 0 Å². The van der Waals surface area contributed by atoms with Gasteiger partial charge in [0.1, 0.15) is 5.60 Å². The van der Waals surface area contributed by atoms with Crippen molar-refractivity contribution in [2.75, 3.05) is 0 Å². The van der Waals surface area contributed by atoms with E-state index in [2.05, 4.69) is 39.8 Å². The van der Waals surface area contributed by atoms with Crippen LogP contribution in [0.25, 0.3) is 16.8 Å². The normalized spacial score (nSPS) is 18.8. The van der Waals surface area contributed by atoms with Gasteiger partial charge in [-0.15, -0.1) is 0 Å². The molecule has 1 heterocycles. The Labute approximate surface area is 168 Å². The van der Waals surface area contributed by atoms with Gasteiger partial charge < -0.3 is 14.0 Å². The summed E-state index contributed by atoms with van der Waals surface area (Å²) in [4.78, 5) is 11.9. The molecule has 1 aliphatic rings. The second-order valence-corrected chi connectivity index (χ2v) is 9.32. The fourth-order valence-corrected chi connectivity index (χ4v) is 3.01. The van der Waals surface area contributed by atoms with Gasteiger partial charge in [0.15, 0.2) is 0 Å². The molecule has 0 aliphatic carbocycles. The van der Waals surface area contributed by atoms with Crippen molar-refractivity contribution in [2.24, 2.45) is 0 Å². The molecule has 0 saturated carbocycles. The fourth-order valence-electron chi connectivity index (χ4n) is 3.01. The van der Waals surface area contributed by atoms with Gasteiger partial charge in [0.25, 0.3) is 0 Å². The fraction of sp³-hybridized carbons (Fsp3) is 0.435. The Balaban J connectivity index is 1.79. The summed E-state index contributed by atoms with van der Waals surface area (Å²) in [5.74, 6) is -0.344. The zero-order valence-corrected chi connectivity index (χ0v) is 17.8. The average Bonchev–Trinajstić information content (AvgIpc) is 2.78. The van der Waals surface area contributed by atoms with Gasteiger partial charge in [-0.3, -0.25) is 0 Å². The van der Waals surface area contributed by atoms with Crippen molar-refractivity contribution < 1.29 is 18.8 Å². The third-order valence-corrected chi connectivity index (χ3v) is 5.23. The predicted octanol–water partition coefficient (Wildman–Crippen LogP) is 4.49.